The number of rotatable bonds is 5. The number of alkyl halides is 2. The molecular weight excluding hydrogens is 414 g/mol. The normalized spacial score (nSPS) is 18.0. The molecule has 3 aromatic rings. The third-order valence-corrected chi connectivity index (χ3v) is 6.56. The van der Waals surface area contributed by atoms with Crippen LogP contribution in [-0.2, 0) is 0 Å². The molecular formula is C23H26F2N6O. The highest BCUT2D eigenvalue weighted by atomic mass is 19.3. The first-order valence-electron chi connectivity index (χ1n) is 11.2. The minimum Gasteiger partial charge on any atom is -0.317 e. The fourth-order valence-corrected chi connectivity index (χ4v) is 4.85. The van der Waals surface area contributed by atoms with E-state index in [-0.39, 0.29) is 12.0 Å². The highest BCUT2D eigenvalue weighted by Crippen LogP contribution is 2.32. The molecule has 1 saturated carbocycles. The van der Waals surface area contributed by atoms with E-state index in [0.29, 0.717) is 22.8 Å². The molecule has 7 nitrogen and oxygen atoms in total. The van der Waals surface area contributed by atoms with E-state index in [9.17, 15) is 13.6 Å². The number of aromatic nitrogens is 4. The molecule has 0 amide bonds. The van der Waals surface area contributed by atoms with Gasteiger partial charge in [0.25, 0.3) is 12.0 Å². The number of piperidine rings is 1. The molecule has 1 saturated heterocycles. The molecule has 0 spiro atoms. The Morgan fingerprint density at radius 1 is 1.06 bits per heavy atom. The predicted octanol–water partition coefficient (Wildman–Crippen LogP) is 4.45. The molecule has 4 heterocycles. The summed E-state index contributed by atoms with van der Waals surface area (Å²) in [5.41, 5.74) is 0.443. The van der Waals surface area contributed by atoms with Crippen molar-refractivity contribution in [1.29, 1.82) is 0 Å². The Hall–Kier alpha value is -2.94. The molecule has 2 fully saturated rings. The third-order valence-electron chi connectivity index (χ3n) is 6.56. The van der Waals surface area contributed by atoms with Crippen LogP contribution in [0, 0.1) is 0 Å². The van der Waals surface area contributed by atoms with Gasteiger partial charge in [-0.2, -0.15) is 4.98 Å². The van der Waals surface area contributed by atoms with E-state index in [4.69, 9.17) is 0 Å². The number of halogens is 2. The topological polar surface area (TPSA) is 84.7 Å². The number of hydrogen-bond acceptors (Lipinski definition) is 6. The van der Waals surface area contributed by atoms with E-state index >= 15 is 0 Å². The van der Waals surface area contributed by atoms with Crippen LogP contribution in [0.1, 0.15) is 68.0 Å². The van der Waals surface area contributed by atoms with Crippen LogP contribution in [0.3, 0.4) is 0 Å². The molecule has 0 radical (unpaired) electrons. The van der Waals surface area contributed by atoms with Gasteiger partial charge in [-0.3, -0.25) is 9.36 Å². The van der Waals surface area contributed by atoms with Crippen molar-refractivity contribution < 1.29 is 8.78 Å². The molecule has 0 aromatic carbocycles. The molecule has 3 aromatic heterocycles. The van der Waals surface area contributed by atoms with Gasteiger partial charge in [0, 0.05) is 23.8 Å². The lowest BCUT2D eigenvalue weighted by molar-refractivity contribution is 0.149. The summed E-state index contributed by atoms with van der Waals surface area (Å²) in [5, 5.41) is 6.89. The fraction of sp³-hybridized carbons (Fsp3) is 0.478. The zero-order chi connectivity index (χ0) is 22.1. The SMILES string of the molecule is O=c1c(C(F)F)cc2cnc(Nc3ccc(C4CCNCC4)cn3)nc2n1C1CCCC1. The molecule has 1 aliphatic carbocycles. The average Bonchev–Trinajstić information content (AvgIpc) is 3.34. The van der Waals surface area contributed by atoms with Crippen LogP contribution < -0.4 is 16.2 Å². The van der Waals surface area contributed by atoms with E-state index < -0.39 is 17.5 Å². The molecule has 2 N–H and O–H groups in total. The number of fused-ring (bicyclic) bond motifs is 1. The van der Waals surface area contributed by atoms with E-state index in [1.54, 1.807) is 0 Å². The predicted molar refractivity (Wildman–Crippen MR) is 119 cm³/mol. The first kappa shape index (κ1) is 20.9. The van der Waals surface area contributed by atoms with Crippen molar-refractivity contribution in [1.82, 2.24) is 24.8 Å². The number of anilines is 2. The van der Waals surface area contributed by atoms with Crippen molar-refractivity contribution in [3.63, 3.8) is 0 Å². The van der Waals surface area contributed by atoms with Crippen LogP contribution in [-0.4, -0.2) is 32.6 Å². The Morgan fingerprint density at radius 3 is 2.53 bits per heavy atom. The van der Waals surface area contributed by atoms with Crippen LogP contribution in [0.25, 0.3) is 11.0 Å². The van der Waals surface area contributed by atoms with Crippen LogP contribution >= 0.6 is 0 Å². The number of nitrogens with one attached hydrogen (secondary N) is 2. The second kappa shape index (κ2) is 8.90. The lowest BCUT2D eigenvalue weighted by atomic mass is 9.91. The summed E-state index contributed by atoms with van der Waals surface area (Å²) in [7, 11) is 0. The molecule has 0 atom stereocenters. The Bertz CT molecular complexity index is 1150. The second-order valence-electron chi connectivity index (χ2n) is 8.61. The van der Waals surface area contributed by atoms with Gasteiger partial charge in [-0.05, 0) is 62.4 Å². The maximum Gasteiger partial charge on any atom is 0.269 e. The summed E-state index contributed by atoms with van der Waals surface area (Å²) in [6.07, 6.45) is 6.25. The first-order chi connectivity index (χ1) is 15.6. The lowest BCUT2D eigenvalue weighted by Crippen LogP contribution is -2.28. The van der Waals surface area contributed by atoms with Crippen molar-refractivity contribution in [2.75, 3.05) is 18.4 Å². The molecule has 0 bridgehead atoms. The van der Waals surface area contributed by atoms with Gasteiger partial charge in [0.05, 0.1) is 5.56 Å². The highest BCUT2D eigenvalue weighted by Gasteiger charge is 2.25. The van der Waals surface area contributed by atoms with E-state index in [1.807, 2.05) is 12.3 Å². The quantitative estimate of drug-likeness (QED) is 0.610. The van der Waals surface area contributed by atoms with Gasteiger partial charge in [0.1, 0.15) is 11.5 Å². The van der Waals surface area contributed by atoms with Crippen LogP contribution in [0.15, 0.2) is 35.4 Å². The molecule has 9 heteroatoms. The lowest BCUT2D eigenvalue weighted by Gasteiger charge is -2.22. The largest absolute Gasteiger partial charge is 0.317 e. The van der Waals surface area contributed by atoms with Gasteiger partial charge in [0.2, 0.25) is 5.95 Å². The van der Waals surface area contributed by atoms with Crippen molar-refractivity contribution >= 4 is 22.8 Å². The smallest absolute Gasteiger partial charge is 0.269 e. The summed E-state index contributed by atoms with van der Waals surface area (Å²) in [4.78, 5) is 26.2. The fourth-order valence-electron chi connectivity index (χ4n) is 4.85. The Morgan fingerprint density at radius 2 is 1.84 bits per heavy atom. The number of hydrogen-bond donors (Lipinski definition) is 2. The molecule has 32 heavy (non-hydrogen) atoms. The van der Waals surface area contributed by atoms with Crippen molar-refractivity contribution in [2.45, 2.75) is 56.9 Å². The minimum absolute atomic E-state index is 0.117. The maximum atomic E-state index is 13.5. The Balaban J connectivity index is 1.46. The molecule has 168 valence electrons. The van der Waals surface area contributed by atoms with Gasteiger partial charge in [-0.15, -0.1) is 0 Å². The summed E-state index contributed by atoms with van der Waals surface area (Å²) in [5.74, 6) is 1.40. The summed E-state index contributed by atoms with van der Waals surface area (Å²) < 4.78 is 28.4. The third kappa shape index (κ3) is 4.09. The monoisotopic (exact) mass is 440 g/mol. The van der Waals surface area contributed by atoms with Gasteiger partial charge in [-0.1, -0.05) is 18.9 Å². The number of pyridine rings is 2. The minimum atomic E-state index is -2.83. The molecule has 0 unspecified atom stereocenters. The Kier molecular flexibility index (Phi) is 5.82. The van der Waals surface area contributed by atoms with Crippen molar-refractivity contribution in [3.8, 4) is 0 Å². The highest BCUT2D eigenvalue weighted by molar-refractivity contribution is 5.76. The van der Waals surface area contributed by atoms with E-state index in [2.05, 4.69) is 31.7 Å². The van der Waals surface area contributed by atoms with Crippen LogP contribution in [0.4, 0.5) is 20.5 Å². The molecule has 1 aliphatic heterocycles. The molecule has 5 rings (SSSR count). The van der Waals surface area contributed by atoms with Gasteiger partial charge < -0.3 is 10.6 Å². The summed E-state index contributed by atoms with van der Waals surface area (Å²) >= 11 is 0. The number of nitrogens with zero attached hydrogens (tertiary/aromatic N) is 4. The van der Waals surface area contributed by atoms with Gasteiger partial charge in [0.15, 0.2) is 0 Å². The molecule has 2 aliphatic rings. The summed E-state index contributed by atoms with van der Waals surface area (Å²) in [6, 6.07) is 5.06. The zero-order valence-corrected chi connectivity index (χ0v) is 17.7. The summed E-state index contributed by atoms with van der Waals surface area (Å²) in [6.45, 7) is 2.04. The Labute approximate surface area is 184 Å². The van der Waals surface area contributed by atoms with Crippen molar-refractivity contribution in [2.24, 2.45) is 0 Å². The maximum absolute atomic E-state index is 13.5. The zero-order valence-electron chi connectivity index (χ0n) is 17.7. The average molecular weight is 440 g/mol. The first-order valence-corrected chi connectivity index (χ1v) is 11.2. The van der Waals surface area contributed by atoms with Crippen LogP contribution in [0.2, 0.25) is 0 Å². The second-order valence-corrected chi connectivity index (χ2v) is 8.61. The standard InChI is InChI=1S/C23H26F2N6O/c24-20(25)18-11-16-13-28-23(30-21(16)31(22(18)32)17-3-1-2-4-17)29-19-6-5-15(12-27-19)14-7-9-26-10-8-14/h5-6,11-14,17,20,26H,1-4,7-10H2,(H,27,28,29,30). The van der Waals surface area contributed by atoms with Gasteiger partial charge in [-0.25, -0.2) is 18.7 Å². The van der Waals surface area contributed by atoms with Crippen molar-refractivity contribution in [3.05, 3.63) is 52.1 Å². The van der Waals surface area contributed by atoms with E-state index in [0.717, 1.165) is 51.6 Å². The van der Waals surface area contributed by atoms with Gasteiger partial charge >= 0.3 is 0 Å². The van der Waals surface area contributed by atoms with E-state index in [1.165, 1.54) is 22.4 Å². The van der Waals surface area contributed by atoms with Crippen LogP contribution in [0.5, 0.6) is 0 Å².